The number of nitrogens with two attached hydrogens (primary N) is 1. The molecule has 0 saturated carbocycles. The maximum atomic E-state index is 11.6. The summed E-state index contributed by atoms with van der Waals surface area (Å²) in [5, 5.41) is 6.84. The van der Waals surface area contributed by atoms with Crippen LogP contribution in [0.3, 0.4) is 0 Å². The minimum atomic E-state index is -0.168. The molecular weight excluding hydrogens is 192 g/mol. The second-order valence-electron chi connectivity index (χ2n) is 3.81. The summed E-state index contributed by atoms with van der Waals surface area (Å²) >= 11 is 0. The Bertz CT molecular complexity index is 332. The lowest BCUT2D eigenvalue weighted by Gasteiger charge is -2.15. The van der Waals surface area contributed by atoms with Crippen LogP contribution in [0.25, 0.3) is 0 Å². The molecule has 3 N–H and O–H groups in total. The summed E-state index contributed by atoms with van der Waals surface area (Å²) in [6.07, 6.45) is 1.70. The number of carbonyl (C=O) groups is 1. The van der Waals surface area contributed by atoms with E-state index in [0.29, 0.717) is 6.54 Å². The van der Waals surface area contributed by atoms with Gasteiger partial charge in [0, 0.05) is 25.2 Å². The first kappa shape index (κ1) is 11.7. The normalized spacial score (nSPS) is 14.7. The second kappa shape index (κ2) is 4.93. The van der Waals surface area contributed by atoms with E-state index < -0.39 is 0 Å². The van der Waals surface area contributed by atoms with Gasteiger partial charge in [0.2, 0.25) is 5.91 Å². The SMILES string of the molecule is CC(N)C(C)C(=O)NCc1ccnn1C. The van der Waals surface area contributed by atoms with E-state index in [9.17, 15) is 4.79 Å². The first-order chi connectivity index (χ1) is 7.02. The first-order valence-corrected chi connectivity index (χ1v) is 5.02. The van der Waals surface area contributed by atoms with Crippen molar-refractivity contribution < 1.29 is 4.79 Å². The van der Waals surface area contributed by atoms with Gasteiger partial charge in [0.1, 0.15) is 0 Å². The van der Waals surface area contributed by atoms with Crippen LogP contribution in [0.4, 0.5) is 0 Å². The molecule has 2 unspecified atom stereocenters. The highest BCUT2D eigenvalue weighted by Gasteiger charge is 2.16. The molecule has 0 aromatic carbocycles. The zero-order valence-corrected chi connectivity index (χ0v) is 9.40. The Kier molecular flexibility index (Phi) is 3.85. The Labute approximate surface area is 89.6 Å². The molecule has 1 aromatic heterocycles. The van der Waals surface area contributed by atoms with Crippen LogP contribution in [0.2, 0.25) is 0 Å². The first-order valence-electron chi connectivity index (χ1n) is 5.02. The van der Waals surface area contributed by atoms with Crippen molar-refractivity contribution in [1.82, 2.24) is 15.1 Å². The van der Waals surface area contributed by atoms with Crippen LogP contribution in [0.15, 0.2) is 12.3 Å². The number of hydrogen-bond donors (Lipinski definition) is 2. The van der Waals surface area contributed by atoms with Crippen LogP contribution in [0.5, 0.6) is 0 Å². The van der Waals surface area contributed by atoms with Crippen molar-refractivity contribution in [3.63, 3.8) is 0 Å². The minimum Gasteiger partial charge on any atom is -0.350 e. The smallest absolute Gasteiger partial charge is 0.224 e. The molecule has 0 fully saturated rings. The van der Waals surface area contributed by atoms with Gasteiger partial charge >= 0.3 is 0 Å². The van der Waals surface area contributed by atoms with Crippen LogP contribution < -0.4 is 11.1 Å². The number of nitrogens with one attached hydrogen (secondary N) is 1. The van der Waals surface area contributed by atoms with Gasteiger partial charge in [0.05, 0.1) is 12.2 Å². The number of hydrogen-bond acceptors (Lipinski definition) is 3. The van der Waals surface area contributed by atoms with E-state index in [4.69, 9.17) is 5.73 Å². The predicted molar refractivity (Wildman–Crippen MR) is 57.9 cm³/mol. The second-order valence-corrected chi connectivity index (χ2v) is 3.81. The highest BCUT2D eigenvalue weighted by atomic mass is 16.1. The van der Waals surface area contributed by atoms with Gasteiger partial charge in [-0.2, -0.15) is 5.10 Å². The number of nitrogens with zero attached hydrogens (tertiary/aromatic N) is 2. The van der Waals surface area contributed by atoms with E-state index in [2.05, 4.69) is 10.4 Å². The number of aromatic nitrogens is 2. The Morgan fingerprint density at radius 2 is 2.33 bits per heavy atom. The predicted octanol–water partition coefficient (Wildman–Crippen LogP) is 0.0196. The van der Waals surface area contributed by atoms with Crippen LogP contribution in [-0.2, 0) is 18.4 Å². The zero-order chi connectivity index (χ0) is 11.4. The third kappa shape index (κ3) is 3.06. The summed E-state index contributed by atoms with van der Waals surface area (Å²) in [5.41, 5.74) is 6.61. The summed E-state index contributed by atoms with van der Waals surface area (Å²) in [4.78, 5) is 11.6. The highest BCUT2D eigenvalue weighted by Crippen LogP contribution is 2.01. The molecule has 0 aliphatic heterocycles. The van der Waals surface area contributed by atoms with E-state index in [1.165, 1.54) is 0 Å². The van der Waals surface area contributed by atoms with Crippen molar-refractivity contribution in [2.75, 3.05) is 0 Å². The van der Waals surface area contributed by atoms with Crippen LogP contribution in [0, 0.1) is 5.92 Å². The lowest BCUT2D eigenvalue weighted by Crippen LogP contribution is -2.38. The molecule has 0 aliphatic carbocycles. The van der Waals surface area contributed by atoms with E-state index in [-0.39, 0.29) is 17.9 Å². The van der Waals surface area contributed by atoms with Crippen molar-refractivity contribution in [3.05, 3.63) is 18.0 Å². The molecule has 0 bridgehead atoms. The maximum Gasteiger partial charge on any atom is 0.224 e. The Morgan fingerprint density at radius 3 is 2.80 bits per heavy atom. The molecule has 5 nitrogen and oxygen atoms in total. The largest absolute Gasteiger partial charge is 0.350 e. The fourth-order valence-electron chi connectivity index (χ4n) is 1.15. The lowest BCUT2D eigenvalue weighted by atomic mass is 10.0. The zero-order valence-electron chi connectivity index (χ0n) is 9.40. The fraction of sp³-hybridized carbons (Fsp3) is 0.600. The van der Waals surface area contributed by atoms with E-state index in [0.717, 1.165) is 5.69 Å². The van der Waals surface area contributed by atoms with Gasteiger partial charge in [-0.05, 0) is 13.0 Å². The molecule has 1 heterocycles. The van der Waals surface area contributed by atoms with E-state index in [1.54, 1.807) is 10.9 Å². The minimum absolute atomic E-state index is 0.0220. The molecule has 0 aliphatic rings. The molecule has 1 amide bonds. The van der Waals surface area contributed by atoms with Gasteiger partial charge in [-0.3, -0.25) is 9.48 Å². The summed E-state index contributed by atoms with van der Waals surface area (Å²) in [7, 11) is 1.84. The summed E-state index contributed by atoms with van der Waals surface area (Å²) in [5.74, 6) is -0.190. The monoisotopic (exact) mass is 210 g/mol. The fourth-order valence-corrected chi connectivity index (χ4v) is 1.15. The van der Waals surface area contributed by atoms with Crippen LogP contribution >= 0.6 is 0 Å². The van der Waals surface area contributed by atoms with Crippen molar-refractivity contribution in [1.29, 1.82) is 0 Å². The average Bonchev–Trinajstić information content (AvgIpc) is 2.59. The summed E-state index contributed by atoms with van der Waals surface area (Å²) in [6, 6.07) is 1.74. The molecule has 2 atom stereocenters. The van der Waals surface area contributed by atoms with Gasteiger partial charge in [-0.1, -0.05) is 6.92 Å². The average molecular weight is 210 g/mol. The molecule has 1 rings (SSSR count). The molecule has 5 heteroatoms. The van der Waals surface area contributed by atoms with Crippen molar-refractivity contribution >= 4 is 5.91 Å². The van der Waals surface area contributed by atoms with Crippen molar-refractivity contribution in [3.8, 4) is 0 Å². The number of rotatable bonds is 4. The quantitative estimate of drug-likeness (QED) is 0.735. The molecule has 0 saturated heterocycles. The molecule has 1 aromatic rings. The van der Waals surface area contributed by atoms with Crippen molar-refractivity contribution in [2.24, 2.45) is 18.7 Å². The van der Waals surface area contributed by atoms with Gasteiger partial charge < -0.3 is 11.1 Å². The van der Waals surface area contributed by atoms with Gasteiger partial charge in [-0.15, -0.1) is 0 Å². The third-order valence-corrected chi connectivity index (χ3v) is 2.57. The highest BCUT2D eigenvalue weighted by molar-refractivity contribution is 5.78. The molecule has 0 radical (unpaired) electrons. The standard InChI is InChI=1S/C10H18N4O/c1-7(8(2)11)10(15)12-6-9-4-5-13-14(9)3/h4-5,7-8H,6,11H2,1-3H3,(H,12,15). The van der Waals surface area contributed by atoms with E-state index in [1.807, 2.05) is 27.0 Å². The van der Waals surface area contributed by atoms with Crippen LogP contribution in [-0.4, -0.2) is 21.7 Å². The Balaban J connectivity index is 2.44. The van der Waals surface area contributed by atoms with Crippen molar-refractivity contribution in [2.45, 2.75) is 26.4 Å². The summed E-state index contributed by atoms with van der Waals surface area (Å²) < 4.78 is 1.73. The topological polar surface area (TPSA) is 72.9 Å². The third-order valence-electron chi connectivity index (χ3n) is 2.57. The number of aryl methyl sites for hydroxylation is 1. The molecule has 84 valence electrons. The molecule has 0 spiro atoms. The maximum absolute atomic E-state index is 11.6. The van der Waals surface area contributed by atoms with Gasteiger partial charge in [0.25, 0.3) is 0 Å². The number of carbonyl (C=O) groups excluding carboxylic acids is 1. The molecule has 15 heavy (non-hydrogen) atoms. The number of amides is 1. The van der Waals surface area contributed by atoms with Gasteiger partial charge in [-0.25, -0.2) is 0 Å². The van der Waals surface area contributed by atoms with E-state index >= 15 is 0 Å². The summed E-state index contributed by atoms with van der Waals surface area (Å²) in [6.45, 7) is 4.14. The lowest BCUT2D eigenvalue weighted by molar-refractivity contribution is -0.125. The van der Waals surface area contributed by atoms with Crippen LogP contribution in [0.1, 0.15) is 19.5 Å². The Hall–Kier alpha value is -1.36. The van der Waals surface area contributed by atoms with Gasteiger partial charge in [0.15, 0.2) is 0 Å². The molecular formula is C10H18N4O. The Morgan fingerprint density at radius 1 is 1.67 bits per heavy atom.